The molecular weight excluding hydrogens is 248 g/mol. The maximum absolute atomic E-state index is 11.6. The van der Waals surface area contributed by atoms with E-state index in [0.29, 0.717) is 22.6 Å². The Morgan fingerprint density at radius 3 is 2.47 bits per heavy atom. The molecule has 0 aliphatic carbocycles. The van der Waals surface area contributed by atoms with Crippen LogP contribution >= 0.6 is 0 Å². The van der Waals surface area contributed by atoms with Crippen molar-refractivity contribution >= 4 is 11.7 Å². The molecule has 6 nitrogen and oxygen atoms in total. The highest BCUT2D eigenvalue weighted by Crippen LogP contribution is 2.27. The van der Waals surface area contributed by atoms with Crippen molar-refractivity contribution in [2.45, 2.75) is 33.1 Å². The van der Waals surface area contributed by atoms with Gasteiger partial charge in [-0.1, -0.05) is 0 Å². The Balaban J connectivity index is 2.99. The predicted octanol–water partition coefficient (Wildman–Crippen LogP) is 1.21. The Labute approximate surface area is 112 Å². The maximum atomic E-state index is 11.6. The van der Waals surface area contributed by atoms with Gasteiger partial charge in [0, 0.05) is 23.4 Å². The maximum Gasteiger partial charge on any atom is 0.319 e. The largest absolute Gasteiger partial charge is 0.496 e. The van der Waals surface area contributed by atoms with Gasteiger partial charge in [0.25, 0.3) is 0 Å². The summed E-state index contributed by atoms with van der Waals surface area (Å²) in [6.45, 7) is 3.23. The first-order chi connectivity index (χ1) is 9.01. The monoisotopic (exact) mass is 268 g/mol. The van der Waals surface area contributed by atoms with E-state index in [9.17, 15) is 15.0 Å². The van der Waals surface area contributed by atoms with Crippen LogP contribution in [0, 0.1) is 0 Å². The number of aliphatic hydroxyl groups is 2. The zero-order chi connectivity index (χ0) is 14.4. The van der Waals surface area contributed by atoms with Gasteiger partial charge in [-0.2, -0.15) is 0 Å². The molecule has 106 valence electrons. The summed E-state index contributed by atoms with van der Waals surface area (Å²) in [6.07, 6.45) is 0. The van der Waals surface area contributed by atoms with Gasteiger partial charge in [0.1, 0.15) is 5.75 Å². The molecule has 1 aromatic carbocycles. The van der Waals surface area contributed by atoms with Crippen molar-refractivity contribution in [2.24, 2.45) is 0 Å². The van der Waals surface area contributed by atoms with Gasteiger partial charge in [-0.25, -0.2) is 4.79 Å². The average Bonchev–Trinajstić information content (AvgIpc) is 2.36. The number of methoxy groups -OCH3 is 1. The van der Waals surface area contributed by atoms with Crippen LogP contribution in [0.5, 0.6) is 5.75 Å². The molecule has 0 fully saturated rings. The standard InChI is InChI=1S/C13H20N2O4/c1-8(2)14-13(18)15-10-4-9(6-16)11(7-17)12(5-10)19-3/h4-5,8,16-17H,6-7H2,1-3H3,(H2,14,15,18). The van der Waals surface area contributed by atoms with Gasteiger partial charge in [0.05, 0.1) is 20.3 Å². The van der Waals surface area contributed by atoms with Crippen LogP contribution < -0.4 is 15.4 Å². The molecule has 0 spiro atoms. The first-order valence-electron chi connectivity index (χ1n) is 6.00. The fourth-order valence-electron chi connectivity index (χ4n) is 1.71. The highest BCUT2D eigenvalue weighted by Gasteiger charge is 2.12. The number of carbonyl (C=O) groups is 1. The molecule has 2 amide bonds. The van der Waals surface area contributed by atoms with Crippen LogP contribution in [0.4, 0.5) is 10.5 Å². The second-order valence-electron chi connectivity index (χ2n) is 4.39. The number of aliphatic hydroxyl groups excluding tert-OH is 2. The molecule has 6 heteroatoms. The van der Waals surface area contributed by atoms with E-state index in [0.717, 1.165) is 0 Å². The third kappa shape index (κ3) is 4.11. The molecule has 0 saturated heterocycles. The van der Waals surface area contributed by atoms with Crippen LogP contribution in [0.3, 0.4) is 0 Å². The van der Waals surface area contributed by atoms with E-state index in [1.165, 1.54) is 7.11 Å². The number of anilines is 1. The summed E-state index contributed by atoms with van der Waals surface area (Å²) in [5.41, 5.74) is 1.53. The van der Waals surface area contributed by atoms with Crippen LogP contribution in [-0.4, -0.2) is 29.4 Å². The number of carbonyl (C=O) groups excluding carboxylic acids is 1. The molecule has 0 aliphatic rings. The second kappa shape index (κ2) is 6.96. The van der Waals surface area contributed by atoms with Crippen LogP contribution in [0.15, 0.2) is 12.1 Å². The van der Waals surface area contributed by atoms with Crippen molar-refractivity contribution in [3.63, 3.8) is 0 Å². The molecule has 0 heterocycles. The first-order valence-corrected chi connectivity index (χ1v) is 6.00. The Bertz CT molecular complexity index is 421. The molecule has 0 saturated carbocycles. The summed E-state index contributed by atoms with van der Waals surface area (Å²) in [4.78, 5) is 11.6. The van der Waals surface area contributed by atoms with Crippen LogP contribution in [0.25, 0.3) is 0 Å². The summed E-state index contributed by atoms with van der Waals surface area (Å²) < 4.78 is 5.14. The van der Waals surface area contributed by atoms with Crippen molar-refractivity contribution in [1.82, 2.24) is 5.32 Å². The molecule has 0 aliphatic heterocycles. The zero-order valence-corrected chi connectivity index (χ0v) is 11.4. The summed E-state index contributed by atoms with van der Waals surface area (Å²) in [7, 11) is 1.47. The molecule has 0 radical (unpaired) electrons. The van der Waals surface area contributed by atoms with E-state index in [2.05, 4.69) is 10.6 Å². The van der Waals surface area contributed by atoms with E-state index in [-0.39, 0.29) is 25.3 Å². The number of benzene rings is 1. The first kappa shape index (κ1) is 15.3. The molecule has 0 atom stereocenters. The lowest BCUT2D eigenvalue weighted by Crippen LogP contribution is -2.34. The minimum Gasteiger partial charge on any atom is -0.496 e. The Morgan fingerprint density at radius 2 is 2.00 bits per heavy atom. The number of hydrogen-bond donors (Lipinski definition) is 4. The van der Waals surface area contributed by atoms with Gasteiger partial charge >= 0.3 is 6.03 Å². The Kier molecular flexibility index (Phi) is 5.59. The van der Waals surface area contributed by atoms with E-state index >= 15 is 0 Å². The lowest BCUT2D eigenvalue weighted by molar-refractivity contribution is 0.249. The highest BCUT2D eigenvalue weighted by molar-refractivity contribution is 5.89. The number of nitrogens with one attached hydrogen (secondary N) is 2. The zero-order valence-electron chi connectivity index (χ0n) is 11.4. The molecule has 0 unspecified atom stereocenters. The Hall–Kier alpha value is -1.79. The van der Waals surface area contributed by atoms with Crippen LogP contribution in [0.1, 0.15) is 25.0 Å². The Morgan fingerprint density at radius 1 is 1.32 bits per heavy atom. The topological polar surface area (TPSA) is 90.8 Å². The fourth-order valence-corrected chi connectivity index (χ4v) is 1.71. The van der Waals surface area contributed by atoms with Crippen molar-refractivity contribution in [3.8, 4) is 5.75 Å². The lowest BCUT2D eigenvalue weighted by Gasteiger charge is -2.15. The molecule has 0 aromatic heterocycles. The predicted molar refractivity (Wildman–Crippen MR) is 72.1 cm³/mol. The molecule has 1 aromatic rings. The van der Waals surface area contributed by atoms with E-state index in [4.69, 9.17) is 4.74 Å². The quantitative estimate of drug-likeness (QED) is 0.646. The smallest absolute Gasteiger partial charge is 0.319 e. The molecule has 4 N–H and O–H groups in total. The number of rotatable bonds is 5. The summed E-state index contributed by atoms with van der Waals surface area (Å²) in [6, 6.07) is 2.90. The minimum absolute atomic E-state index is 0.0240. The van der Waals surface area contributed by atoms with Gasteiger partial charge in [-0.15, -0.1) is 0 Å². The lowest BCUT2D eigenvalue weighted by atomic mass is 10.1. The number of amides is 2. The summed E-state index contributed by atoms with van der Waals surface area (Å²) in [5, 5.41) is 23.9. The van der Waals surface area contributed by atoms with Gasteiger partial charge in [-0.3, -0.25) is 0 Å². The van der Waals surface area contributed by atoms with Crippen LogP contribution in [-0.2, 0) is 13.2 Å². The van der Waals surface area contributed by atoms with E-state index in [1.807, 2.05) is 13.8 Å². The number of urea groups is 1. The van der Waals surface area contributed by atoms with E-state index < -0.39 is 0 Å². The normalized spacial score (nSPS) is 10.4. The van der Waals surface area contributed by atoms with Gasteiger partial charge in [0.2, 0.25) is 0 Å². The van der Waals surface area contributed by atoms with Crippen LogP contribution in [0.2, 0.25) is 0 Å². The van der Waals surface area contributed by atoms with Crippen molar-refractivity contribution < 1.29 is 19.7 Å². The van der Waals surface area contributed by atoms with Crippen molar-refractivity contribution in [1.29, 1.82) is 0 Å². The van der Waals surface area contributed by atoms with E-state index in [1.54, 1.807) is 12.1 Å². The third-order valence-electron chi connectivity index (χ3n) is 2.53. The molecule has 0 bridgehead atoms. The third-order valence-corrected chi connectivity index (χ3v) is 2.53. The molecular formula is C13H20N2O4. The SMILES string of the molecule is COc1cc(NC(=O)NC(C)C)cc(CO)c1CO. The fraction of sp³-hybridized carbons (Fsp3) is 0.462. The summed E-state index contributed by atoms with van der Waals surface area (Å²) in [5.74, 6) is 0.425. The second-order valence-corrected chi connectivity index (χ2v) is 4.39. The van der Waals surface area contributed by atoms with Gasteiger partial charge in [-0.05, 0) is 25.5 Å². The van der Waals surface area contributed by atoms with Crippen molar-refractivity contribution in [3.05, 3.63) is 23.3 Å². The van der Waals surface area contributed by atoms with Gasteiger partial charge in [0.15, 0.2) is 0 Å². The average molecular weight is 268 g/mol. The summed E-state index contributed by atoms with van der Waals surface area (Å²) >= 11 is 0. The molecule has 19 heavy (non-hydrogen) atoms. The molecule has 1 rings (SSSR count). The van der Waals surface area contributed by atoms with Gasteiger partial charge < -0.3 is 25.6 Å². The number of ether oxygens (including phenoxy) is 1. The van der Waals surface area contributed by atoms with Crippen molar-refractivity contribution in [2.75, 3.05) is 12.4 Å². The number of hydrogen-bond acceptors (Lipinski definition) is 4. The highest BCUT2D eigenvalue weighted by atomic mass is 16.5. The minimum atomic E-state index is -0.335.